The highest BCUT2D eigenvalue weighted by Gasteiger charge is 2.37. The van der Waals surface area contributed by atoms with E-state index in [9.17, 15) is 0 Å². The largest absolute Gasteiger partial charge is 0.530 e. The number of rotatable bonds is 13. The summed E-state index contributed by atoms with van der Waals surface area (Å²) in [7, 11) is -6.43. The summed E-state index contributed by atoms with van der Waals surface area (Å²) in [5, 5.41) is 0.923. The Balaban J connectivity index is 1.43. The average Bonchev–Trinajstić information content (AvgIpc) is 2.97. The van der Waals surface area contributed by atoms with Crippen LogP contribution < -0.4 is 27.8 Å². The molecule has 5 rings (SSSR count). The number of hydrogen-bond donors (Lipinski definition) is 0. The zero-order valence-electron chi connectivity index (χ0n) is 26.4. The monoisotopic (exact) mass is 656 g/mol. The Morgan fingerprint density at radius 2 is 0.800 bits per heavy atom. The van der Waals surface area contributed by atoms with E-state index in [-0.39, 0.29) is 0 Å². The quantitative estimate of drug-likeness (QED) is 0.0929. The van der Waals surface area contributed by atoms with Crippen molar-refractivity contribution in [1.82, 2.24) is 0 Å². The van der Waals surface area contributed by atoms with Gasteiger partial charge in [-0.3, -0.25) is 0 Å². The lowest BCUT2D eigenvalue weighted by Crippen LogP contribution is -2.44. The fraction of sp³-hybridized carbons (Fsp3) is 0.167. The highest BCUT2D eigenvalue weighted by molar-refractivity contribution is 7.45. The molecule has 0 bridgehead atoms. The van der Waals surface area contributed by atoms with Crippen molar-refractivity contribution in [2.24, 2.45) is 0 Å². The molecule has 0 unspecified atom stereocenters. The zero-order valence-corrected chi connectivity index (χ0v) is 29.2. The fourth-order valence-corrected chi connectivity index (χ4v) is 9.61. The molecule has 0 aliphatic rings. The van der Waals surface area contributed by atoms with Crippen LogP contribution >= 0.6 is 17.2 Å². The normalized spacial score (nSPS) is 11.4. The van der Waals surface area contributed by atoms with Crippen molar-refractivity contribution in [3.63, 3.8) is 0 Å². The Morgan fingerprint density at radius 3 is 1.20 bits per heavy atom. The minimum absolute atomic E-state index is 0.627. The van der Waals surface area contributed by atoms with Gasteiger partial charge in [0, 0.05) is 5.19 Å². The van der Waals surface area contributed by atoms with Crippen LogP contribution in [-0.4, -0.2) is 8.32 Å². The molecule has 0 aliphatic heterocycles. The number of benzene rings is 5. The second kappa shape index (κ2) is 14.9. The lowest BCUT2D eigenvalue weighted by Gasteiger charge is -2.29. The Morgan fingerprint density at radius 1 is 0.422 bits per heavy atom. The molecule has 0 atom stereocenters. The molecule has 6 nitrogen and oxygen atoms in total. The first-order valence-electron chi connectivity index (χ1n) is 14.7. The lowest BCUT2D eigenvalue weighted by molar-refractivity contribution is 0.384. The molecule has 0 radical (unpaired) electrons. The van der Waals surface area contributed by atoms with E-state index in [0.29, 0.717) is 28.7 Å². The van der Waals surface area contributed by atoms with E-state index in [1.807, 2.05) is 149 Å². The van der Waals surface area contributed by atoms with Gasteiger partial charge >= 0.3 is 17.2 Å². The fourth-order valence-electron chi connectivity index (χ4n) is 4.50. The van der Waals surface area contributed by atoms with Gasteiger partial charge in [0.2, 0.25) is 8.32 Å². The smallest absolute Gasteiger partial charge is 0.418 e. The number of hydrogen-bond acceptors (Lipinski definition) is 6. The minimum Gasteiger partial charge on any atom is -0.418 e. The minimum atomic E-state index is -2.74. The van der Waals surface area contributed by atoms with E-state index in [4.69, 9.17) is 26.8 Å². The van der Waals surface area contributed by atoms with Crippen LogP contribution in [0.2, 0.25) is 13.1 Å². The molecule has 0 aromatic heterocycles. The van der Waals surface area contributed by atoms with Gasteiger partial charge in [0.25, 0.3) is 0 Å². The van der Waals surface area contributed by atoms with E-state index in [1.165, 1.54) is 0 Å². The van der Waals surface area contributed by atoms with Crippen molar-refractivity contribution >= 4 is 30.7 Å². The molecular formula is C36H38O6P2Si. The zero-order chi connectivity index (χ0) is 31.8. The van der Waals surface area contributed by atoms with E-state index in [0.717, 1.165) is 27.4 Å². The Hall–Kier alpha value is -3.86. The molecule has 9 heteroatoms. The summed E-state index contributed by atoms with van der Waals surface area (Å²) >= 11 is 0. The van der Waals surface area contributed by atoms with E-state index in [2.05, 4.69) is 13.1 Å². The highest BCUT2D eigenvalue weighted by atomic mass is 31.2. The molecule has 0 heterocycles. The Kier molecular flexibility index (Phi) is 10.8. The standard InChI is InChI=1S/C36H38O6P2Si/c1-27-13-9-17-31(23-27)37-43(38-32-18-10-14-28(2)24-32)41-35-21-7-8-22-36(35)45(5,6)42-44(39-33-19-11-15-29(3)25-33)40-34-20-12-16-30(4)26-34/h7-26H,1-6H3. The first-order chi connectivity index (χ1) is 21.6. The van der Waals surface area contributed by atoms with Crippen molar-refractivity contribution in [1.29, 1.82) is 0 Å². The summed E-state index contributed by atoms with van der Waals surface area (Å²) in [5.74, 6) is 3.33. The summed E-state index contributed by atoms with van der Waals surface area (Å²) in [5.41, 5.74) is 4.33. The van der Waals surface area contributed by atoms with Gasteiger partial charge in [0.05, 0.1) is 0 Å². The second-order valence-electron chi connectivity index (χ2n) is 11.3. The van der Waals surface area contributed by atoms with Crippen LogP contribution in [0, 0.1) is 27.7 Å². The summed E-state index contributed by atoms with van der Waals surface area (Å²) in [6, 6.07) is 39.3. The van der Waals surface area contributed by atoms with Crippen LogP contribution in [0.4, 0.5) is 0 Å². The first-order valence-corrected chi connectivity index (χ1v) is 19.8. The van der Waals surface area contributed by atoms with Gasteiger partial charge < -0.3 is 26.8 Å². The predicted molar refractivity (Wildman–Crippen MR) is 186 cm³/mol. The van der Waals surface area contributed by atoms with E-state index < -0.39 is 25.5 Å². The summed E-state index contributed by atoms with van der Waals surface area (Å²) < 4.78 is 38.8. The van der Waals surface area contributed by atoms with Gasteiger partial charge in [-0.2, -0.15) is 0 Å². The average molecular weight is 657 g/mol. The maximum Gasteiger partial charge on any atom is 0.530 e. The Bertz CT molecular complexity index is 1630. The van der Waals surface area contributed by atoms with Crippen LogP contribution in [0.1, 0.15) is 22.3 Å². The summed E-state index contributed by atoms with van der Waals surface area (Å²) in [6.07, 6.45) is 0. The first kappa shape index (κ1) is 32.5. The van der Waals surface area contributed by atoms with Crippen molar-refractivity contribution in [2.75, 3.05) is 0 Å². The third-order valence-electron chi connectivity index (χ3n) is 6.69. The van der Waals surface area contributed by atoms with Gasteiger partial charge in [-0.25, -0.2) is 0 Å². The molecule has 0 N–H and O–H groups in total. The van der Waals surface area contributed by atoms with Crippen LogP contribution in [0.3, 0.4) is 0 Å². The SMILES string of the molecule is Cc1cccc(OP(Oc2cccc(C)c2)Oc2ccccc2[Si](C)(C)OP(Oc2cccc(C)c2)Oc2cccc(C)c2)c1. The molecule has 0 saturated carbocycles. The van der Waals surface area contributed by atoms with Crippen molar-refractivity contribution in [3.05, 3.63) is 144 Å². The van der Waals surface area contributed by atoms with Gasteiger partial charge in [0.15, 0.2) is 0 Å². The summed E-state index contributed by atoms with van der Waals surface area (Å²) in [6.45, 7) is 12.3. The van der Waals surface area contributed by atoms with Gasteiger partial charge in [-0.05, 0) is 118 Å². The van der Waals surface area contributed by atoms with E-state index in [1.54, 1.807) is 0 Å². The third kappa shape index (κ3) is 9.56. The maximum atomic E-state index is 6.81. The number of para-hydroxylation sites is 1. The molecular weight excluding hydrogens is 618 g/mol. The van der Waals surface area contributed by atoms with Crippen LogP contribution in [-0.2, 0) is 4.21 Å². The van der Waals surface area contributed by atoms with Crippen molar-refractivity contribution in [3.8, 4) is 28.7 Å². The van der Waals surface area contributed by atoms with Gasteiger partial charge in [0.1, 0.15) is 28.7 Å². The second-order valence-corrected chi connectivity index (χ2v) is 17.4. The topological polar surface area (TPSA) is 55.4 Å². The number of aryl methyl sites for hydroxylation is 4. The van der Waals surface area contributed by atoms with Crippen LogP contribution in [0.15, 0.2) is 121 Å². The molecule has 0 saturated heterocycles. The maximum absolute atomic E-state index is 6.81. The molecule has 5 aromatic carbocycles. The van der Waals surface area contributed by atoms with Gasteiger partial charge in [-0.1, -0.05) is 66.7 Å². The predicted octanol–water partition coefficient (Wildman–Crippen LogP) is 10.5. The molecule has 0 spiro atoms. The third-order valence-corrected chi connectivity index (χ3v) is 12.6. The van der Waals surface area contributed by atoms with Gasteiger partial charge in [-0.15, -0.1) is 0 Å². The Labute approximate surface area is 270 Å². The van der Waals surface area contributed by atoms with Crippen LogP contribution in [0.5, 0.6) is 28.7 Å². The summed E-state index contributed by atoms with van der Waals surface area (Å²) in [4.78, 5) is 0. The van der Waals surface area contributed by atoms with Crippen LogP contribution in [0.25, 0.3) is 0 Å². The molecule has 0 amide bonds. The van der Waals surface area contributed by atoms with Crippen molar-refractivity contribution in [2.45, 2.75) is 40.8 Å². The highest BCUT2D eigenvalue weighted by Crippen LogP contribution is 2.46. The lowest BCUT2D eigenvalue weighted by atomic mass is 10.2. The van der Waals surface area contributed by atoms with Crippen molar-refractivity contribution < 1.29 is 26.8 Å². The molecule has 0 aliphatic carbocycles. The molecule has 45 heavy (non-hydrogen) atoms. The van der Waals surface area contributed by atoms with E-state index >= 15 is 0 Å². The molecule has 232 valence electrons. The molecule has 5 aromatic rings. The molecule has 0 fully saturated rings.